The number of anilines is 2. The standard InChI is InChI=1S/C22H19FN4O5S/c1-30-11-17(21(29)31-2)25-20(28)18-10-16(27-32-18)12-4-3-5-14(8-12)24-22-26-15-7-6-13(23)9-19(15)33-22/h3-10,17H,11H2,1-2H3,(H,24,26)(H,25,28)/t17-/m0/s1. The Morgan fingerprint density at radius 3 is 2.82 bits per heavy atom. The molecular weight excluding hydrogens is 451 g/mol. The summed E-state index contributed by atoms with van der Waals surface area (Å²) in [6.07, 6.45) is 0. The molecule has 2 N–H and O–H groups in total. The van der Waals surface area contributed by atoms with Gasteiger partial charge in [0.2, 0.25) is 5.76 Å². The van der Waals surface area contributed by atoms with Crippen molar-refractivity contribution in [1.82, 2.24) is 15.5 Å². The number of benzene rings is 2. The third kappa shape index (κ3) is 5.16. The summed E-state index contributed by atoms with van der Waals surface area (Å²) in [4.78, 5) is 28.7. The largest absolute Gasteiger partial charge is 0.467 e. The second-order valence-corrected chi connectivity index (χ2v) is 7.95. The number of nitrogens with one attached hydrogen (secondary N) is 2. The smallest absolute Gasteiger partial charge is 0.330 e. The van der Waals surface area contributed by atoms with Crippen molar-refractivity contribution in [3.05, 3.63) is 60.1 Å². The summed E-state index contributed by atoms with van der Waals surface area (Å²) in [6, 6.07) is 12.2. The van der Waals surface area contributed by atoms with Gasteiger partial charge in [0.15, 0.2) is 11.2 Å². The first-order valence-electron chi connectivity index (χ1n) is 9.74. The topological polar surface area (TPSA) is 116 Å². The zero-order valence-electron chi connectivity index (χ0n) is 17.6. The maximum atomic E-state index is 13.4. The molecule has 4 rings (SSSR count). The molecule has 170 valence electrons. The number of thiazole rings is 1. The van der Waals surface area contributed by atoms with Crippen molar-refractivity contribution in [2.75, 3.05) is 26.1 Å². The highest BCUT2D eigenvalue weighted by Crippen LogP contribution is 2.30. The Kier molecular flexibility index (Phi) is 6.61. The fourth-order valence-electron chi connectivity index (χ4n) is 3.06. The van der Waals surface area contributed by atoms with Crippen molar-refractivity contribution in [2.45, 2.75) is 6.04 Å². The van der Waals surface area contributed by atoms with E-state index in [4.69, 9.17) is 9.26 Å². The number of methoxy groups -OCH3 is 2. The van der Waals surface area contributed by atoms with E-state index in [1.54, 1.807) is 12.1 Å². The number of ether oxygens (including phenoxy) is 2. The molecule has 33 heavy (non-hydrogen) atoms. The lowest BCUT2D eigenvalue weighted by Gasteiger charge is -2.14. The van der Waals surface area contributed by atoms with E-state index in [-0.39, 0.29) is 18.2 Å². The Morgan fingerprint density at radius 2 is 2.03 bits per heavy atom. The van der Waals surface area contributed by atoms with Gasteiger partial charge in [-0.1, -0.05) is 28.6 Å². The third-order valence-corrected chi connectivity index (χ3v) is 5.55. The molecule has 2 heterocycles. The Labute approximate surface area is 191 Å². The Bertz CT molecular complexity index is 1300. The van der Waals surface area contributed by atoms with Gasteiger partial charge in [-0.2, -0.15) is 0 Å². The molecule has 0 fully saturated rings. The van der Waals surface area contributed by atoms with Crippen molar-refractivity contribution in [3.63, 3.8) is 0 Å². The number of hydrogen-bond acceptors (Lipinski definition) is 9. The molecule has 0 saturated heterocycles. The zero-order valence-corrected chi connectivity index (χ0v) is 18.4. The molecule has 1 atom stereocenters. The molecule has 1 amide bonds. The number of amides is 1. The molecule has 0 radical (unpaired) electrons. The predicted octanol–water partition coefficient (Wildman–Crippen LogP) is 3.75. The summed E-state index contributed by atoms with van der Waals surface area (Å²) < 4.78 is 28.9. The van der Waals surface area contributed by atoms with E-state index >= 15 is 0 Å². The lowest BCUT2D eigenvalue weighted by atomic mass is 10.1. The molecule has 0 unspecified atom stereocenters. The van der Waals surface area contributed by atoms with Gasteiger partial charge in [0.05, 0.1) is 23.9 Å². The summed E-state index contributed by atoms with van der Waals surface area (Å²) >= 11 is 1.33. The number of esters is 1. The van der Waals surface area contributed by atoms with E-state index < -0.39 is 17.9 Å². The van der Waals surface area contributed by atoms with Crippen LogP contribution in [0.2, 0.25) is 0 Å². The molecule has 11 heteroatoms. The second kappa shape index (κ2) is 9.76. The van der Waals surface area contributed by atoms with Crippen LogP contribution in [0.25, 0.3) is 21.5 Å². The average Bonchev–Trinajstić information content (AvgIpc) is 3.45. The van der Waals surface area contributed by atoms with Crippen LogP contribution in [0, 0.1) is 5.82 Å². The maximum Gasteiger partial charge on any atom is 0.330 e. The van der Waals surface area contributed by atoms with Crippen molar-refractivity contribution >= 4 is 44.2 Å². The number of nitrogens with zero attached hydrogens (tertiary/aromatic N) is 2. The average molecular weight is 470 g/mol. The number of carbonyl (C=O) groups is 2. The molecule has 0 bridgehead atoms. The first-order valence-corrected chi connectivity index (χ1v) is 10.6. The van der Waals surface area contributed by atoms with Gasteiger partial charge < -0.3 is 24.6 Å². The lowest BCUT2D eigenvalue weighted by Crippen LogP contribution is -2.44. The van der Waals surface area contributed by atoms with Gasteiger partial charge in [0.1, 0.15) is 11.5 Å². The molecule has 0 aliphatic heterocycles. The zero-order chi connectivity index (χ0) is 23.4. The van der Waals surface area contributed by atoms with E-state index in [0.29, 0.717) is 21.9 Å². The Morgan fingerprint density at radius 1 is 1.18 bits per heavy atom. The van der Waals surface area contributed by atoms with Gasteiger partial charge in [-0.25, -0.2) is 14.2 Å². The minimum absolute atomic E-state index is 0.0501. The van der Waals surface area contributed by atoms with Gasteiger partial charge in [-0.15, -0.1) is 0 Å². The first-order chi connectivity index (χ1) is 16.0. The van der Waals surface area contributed by atoms with Crippen LogP contribution in [-0.4, -0.2) is 48.9 Å². The van der Waals surface area contributed by atoms with Crippen LogP contribution in [-0.2, 0) is 14.3 Å². The van der Waals surface area contributed by atoms with Gasteiger partial charge in [0.25, 0.3) is 5.91 Å². The van der Waals surface area contributed by atoms with Crippen molar-refractivity contribution < 1.29 is 28.0 Å². The van der Waals surface area contributed by atoms with E-state index in [1.807, 2.05) is 18.2 Å². The van der Waals surface area contributed by atoms with E-state index in [2.05, 4.69) is 25.5 Å². The van der Waals surface area contributed by atoms with Crippen LogP contribution < -0.4 is 10.6 Å². The number of hydrogen-bond donors (Lipinski definition) is 2. The monoisotopic (exact) mass is 470 g/mol. The second-order valence-electron chi connectivity index (χ2n) is 6.92. The Balaban J connectivity index is 1.49. The van der Waals surface area contributed by atoms with Crippen molar-refractivity contribution in [3.8, 4) is 11.3 Å². The van der Waals surface area contributed by atoms with Gasteiger partial charge in [0, 0.05) is 24.4 Å². The highest BCUT2D eigenvalue weighted by Gasteiger charge is 2.24. The molecule has 0 aliphatic rings. The van der Waals surface area contributed by atoms with Crippen LogP contribution >= 0.6 is 11.3 Å². The normalized spacial score (nSPS) is 11.8. The van der Waals surface area contributed by atoms with Gasteiger partial charge in [-0.3, -0.25) is 4.79 Å². The van der Waals surface area contributed by atoms with E-state index in [9.17, 15) is 14.0 Å². The van der Waals surface area contributed by atoms with Crippen LogP contribution in [0.15, 0.2) is 53.1 Å². The molecule has 0 aliphatic carbocycles. The number of rotatable bonds is 8. The van der Waals surface area contributed by atoms with E-state index in [0.717, 1.165) is 10.4 Å². The fourth-order valence-corrected chi connectivity index (χ4v) is 3.97. The third-order valence-electron chi connectivity index (χ3n) is 4.62. The highest BCUT2D eigenvalue weighted by molar-refractivity contribution is 7.22. The van der Waals surface area contributed by atoms with Crippen LogP contribution in [0.5, 0.6) is 0 Å². The van der Waals surface area contributed by atoms with Crippen molar-refractivity contribution in [1.29, 1.82) is 0 Å². The van der Waals surface area contributed by atoms with Crippen LogP contribution in [0.1, 0.15) is 10.6 Å². The molecule has 9 nitrogen and oxygen atoms in total. The quantitative estimate of drug-likeness (QED) is 0.374. The summed E-state index contributed by atoms with van der Waals surface area (Å²) in [5.41, 5.74) is 2.55. The van der Waals surface area contributed by atoms with Crippen LogP contribution in [0.4, 0.5) is 15.2 Å². The van der Waals surface area contributed by atoms with Crippen molar-refractivity contribution in [2.24, 2.45) is 0 Å². The van der Waals surface area contributed by atoms with Gasteiger partial charge >= 0.3 is 5.97 Å². The number of aromatic nitrogens is 2. The first kappa shape index (κ1) is 22.4. The SMILES string of the molecule is COC[C@H](NC(=O)c1cc(-c2cccc(Nc3nc4ccc(F)cc4s3)c2)no1)C(=O)OC. The van der Waals surface area contributed by atoms with Crippen LogP contribution in [0.3, 0.4) is 0 Å². The lowest BCUT2D eigenvalue weighted by molar-refractivity contribution is -0.144. The number of carbonyl (C=O) groups excluding carboxylic acids is 2. The molecule has 2 aromatic carbocycles. The minimum atomic E-state index is -0.976. The predicted molar refractivity (Wildman–Crippen MR) is 120 cm³/mol. The summed E-state index contributed by atoms with van der Waals surface area (Å²) in [5.74, 6) is -1.65. The summed E-state index contributed by atoms with van der Waals surface area (Å²) in [6.45, 7) is -0.0501. The number of fused-ring (bicyclic) bond motifs is 1. The van der Waals surface area contributed by atoms with Gasteiger partial charge in [-0.05, 0) is 30.3 Å². The highest BCUT2D eigenvalue weighted by atomic mass is 32.1. The summed E-state index contributed by atoms with van der Waals surface area (Å²) in [5, 5.41) is 10.2. The molecule has 4 aromatic rings. The van der Waals surface area contributed by atoms with E-state index in [1.165, 1.54) is 43.8 Å². The summed E-state index contributed by atoms with van der Waals surface area (Å²) in [7, 11) is 2.62. The maximum absolute atomic E-state index is 13.4. The minimum Gasteiger partial charge on any atom is -0.467 e. The molecule has 0 saturated carbocycles. The molecule has 0 spiro atoms. The number of halogens is 1. The fraction of sp³-hybridized carbons (Fsp3) is 0.182. The molecule has 2 aromatic heterocycles. The Hall–Kier alpha value is -3.83. The molecular formula is C22H19FN4O5S.